The lowest BCUT2D eigenvalue weighted by Gasteiger charge is -2.26. The fourth-order valence-corrected chi connectivity index (χ4v) is 1.73. The van der Waals surface area contributed by atoms with E-state index in [9.17, 15) is 18.3 Å². The summed E-state index contributed by atoms with van der Waals surface area (Å²) in [5, 5.41) is 9.91. The number of halogens is 3. The third-order valence-electron chi connectivity index (χ3n) is 2.72. The second kappa shape index (κ2) is 4.69. The van der Waals surface area contributed by atoms with E-state index >= 15 is 0 Å². The Labute approximate surface area is 99.3 Å². The van der Waals surface area contributed by atoms with Crippen molar-refractivity contribution in [2.75, 3.05) is 0 Å². The summed E-state index contributed by atoms with van der Waals surface area (Å²) in [6.45, 7) is 5.11. The summed E-state index contributed by atoms with van der Waals surface area (Å²) in [6, 6.07) is 6.68. The average molecular weight is 246 g/mol. The molecular formula is C13H17F3O. The zero-order valence-corrected chi connectivity index (χ0v) is 10.2. The van der Waals surface area contributed by atoms with Gasteiger partial charge in [0.15, 0.2) is 0 Å². The van der Waals surface area contributed by atoms with Crippen molar-refractivity contribution in [3.8, 4) is 0 Å². The van der Waals surface area contributed by atoms with E-state index in [-0.39, 0.29) is 5.92 Å². The molecule has 0 fully saturated rings. The molecule has 0 spiro atoms. The molecule has 0 aromatic heterocycles. The van der Waals surface area contributed by atoms with E-state index in [4.69, 9.17) is 0 Å². The van der Waals surface area contributed by atoms with E-state index in [0.29, 0.717) is 5.56 Å². The fourth-order valence-electron chi connectivity index (χ4n) is 1.73. The van der Waals surface area contributed by atoms with Gasteiger partial charge in [-0.05, 0) is 24.0 Å². The van der Waals surface area contributed by atoms with Gasteiger partial charge < -0.3 is 5.11 Å². The zero-order chi connectivity index (χ0) is 13.3. The zero-order valence-electron chi connectivity index (χ0n) is 10.2. The van der Waals surface area contributed by atoms with Crippen LogP contribution in [0.4, 0.5) is 13.2 Å². The maximum atomic E-state index is 12.3. The molecule has 0 aliphatic heterocycles. The lowest BCUT2D eigenvalue weighted by atomic mass is 9.89. The Morgan fingerprint density at radius 3 is 2.29 bits per heavy atom. The molecule has 0 amide bonds. The van der Waals surface area contributed by atoms with Crippen LogP contribution in [0.5, 0.6) is 0 Å². The second-order valence-electron chi connectivity index (χ2n) is 4.85. The molecule has 1 atom stereocenters. The maximum absolute atomic E-state index is 12.3. The summed E-state index contributed by atoms with van der Waals surface area (Å²) in [6.07, 6.45) is -5.61. The van der Waals surface area contributed by atoms with E-state index in [1.54, 1.807) is 12.1 Å². The first-order valence-corrected chi connectivity index (χ1v) is 5.51. The van der Waals surface area contributed by atoms with Crippen LogP contribution in [-0.2, 0) is 5.60 Å². The van der Waals surface area contributed by atoms with Crippen molar-refractivity contribution < 1.29 is 18.3 Å². The number of benzene rings is 1. The summed E-state index contributed by atoms with van der Waals surface area (Å²) >= 11 is 0. The quantitative estimate of drug-likeness (QED) is 0.855. The molecule has 0 saturated carbocycles. The van der Waals surface area contributed by atoms with Gasteiger partial charge in [0, 0.05) is 0 Å². The minimum atomic E-state index is -4.38. The SMILES string of the molecule is CC(C)c1cccc(C(C)(O)CC(F)(F)F)c1. The van der Waals surface area contributed by atoms with Crippen molar-refractivity contribution in [2.45, 2.75) is 44.9 Å². The highest BCUT2D eigenvalue weighted by Crippen LogP contribution is 2.35. The van der Waals surface area contributed by atoms with Crippen molar-refractivity contribution in [1.82, 2.24) is 0 Å². The topological polar surface area (TPSA) is 20.2 Å². The Morgan fingerprint density at radius 2 is 1.82 bits per heavy atom. The maximum Gasteiger partial charge on any atom is 0.392 e. The van der Waals surface area contributed by atoms with Crippen LogP contribution in [0.1, 0.15) is 44.2 Å². The van der Waals surface area contributed by atoms with E-state index in [1.165, 1.54) is 13.0 Å². The van der Waals surface area contributed by atoms with Crippen LogP contribution in [0.2, 0.25) is 0 Å². The number of aliphatic hydroxyl groups is 1. The summed E-state index contributed by atoms with van der Waals surface area (Å²) < 4.78 is 37.0. The van der Waals surface area contributed by atoms with E-state index < -0.39 is 18.2 Å². The van der Waals surface area contributed by atoms with Crippen LogP contribution >= 0.6 is 0 Å². The first-order valence-electron chi connectivity index (χ1n) is 5.51. The van der Waals surface area contributed by atoms with Crippen molar-refractivity contribution in [1.29, 1.82) is 0 Å². The smallest absolute Gasteiger partial charge is 0.385 e. The molecule has 1 aromatic rings. The summed E-state index contributed by atoms with van der Waals surface area (Å²) in [4.78, 5) is 0. The Hall–Kier alpha value is -1.03. The first-order chi connectivity index (χ1) is 7.62. The fraction of sp³-hybridized carbons (Fsp3) is 0.538. The van der Waals surface area contributed by atoms with Crippen LogP contribution in [0, 0.1) is 0 Å². The van der Waals surface area contributed by atoms with Crippen molar-refractivity contribution in [3.05, 3.63) is 35.4 Å². The van der Waals surface area contributed by atoms with Gasteiger partial charge in [-0.2, -0.15) is 13.2 Å². The highest BCUT2D eigenvalue weighted by atomic mass is 19.4. The first kappa shape index (κ1) is 14.0. The number of alkyl halides is 3. The Bertz CT molecular complexity index is 380. The van der Waals surface area contributed by atoms with E-state index in [2.05, 4.69) is 0 Å². The van der Waals surface area contributed by atoms with Gasteiger partial charge in [0.05, 0.1) is 12.0 Å². The molecule has 4 heteroatoms. The Morgan fingerprint density at radius 1 is 1.24 bits per heavy atom. The van der Waals surface area contributed by atoms with Crippen LogP contribution < -0.4 is 0 Å². The molecule has 1 N–H and O–H groups in total. The second-order valence-corrected chi connectivity index (χ2v) is 4.85. The molecule has 1 nitrogen and oxygen atoms in total. The summed E-state index contributed by atoms with van der Waals surface area (Å²) in [7, 11) is 0. The summed E-state index contributed by atoms with van der Waals surface area (Å²) in [5.41, 5.74) is -0.644. The minimum absolute atomic E-state index is 0.219. The molecule has 96 valence electrons. The number of hydrogen-bond donors (Lipinski definition) is 1. The van der Waals surface area contributed by atoms with Crippen LogP contribution in [0.3, 0.4) is 0 Å². The van der Waals surface area contributed by atoms with Gasteiger partial charge in [-0.15, -0.1) is 0 Å². The van der Waals surface area contributed by atoms with Crippen molar-refractivity contribution >= 4 is 0 Å². The van der Waals surface area contributed by atoms with Gasteiger partial charge in [0.2, 0.25) is 0 Å². The van der Waals surface area contributed by atoms with Gasteiger partial charge >= 0.3 is 6.18 Å². The molecule has 1 unspecified atom stereocenters. The van der Waals surface area contributed by atoms with Gasteiger partial charge in [0.1, 0.15) is 0 Å². The Kier molecular flexibility index (Phi) is 3.87. The average Bonchev–Trinajstić information content (AvgIpc) is 2.14. The standard InChI is InChI=1S/C13H17F3O/c1-9(2)10-5-4-6-11(7-10)12(3,17)8-13(14,15)16/h4-7,9,17H,8H2,1-3H3. The van der Waals surface area contributed by atoms with E-state index in [0.717, 1.165) is 5.56 Å². The largest absolute Gasteiger partial charge is 0.392 e. The van der Waals surface area contributed by atoms with Crippen LogP contribution in [0.15, 0.2) is 24.3 Å². The van der Waals surface area contributed by atoms with Gasteiger partial charge in [-0.3, -0.25) is 0 Å². The third-order valence-corrected chi connectivity index (χ3v) is 2.72. The van der Waals surface area contributed by atoms with Gasteiger partial charge in [-0.25, -0.2) is 0 Å². The lowest BCUT2D eigenvalue weighted by Crippen LogP contribution is -2.29. The minimum Gasteiger partial charge on any atom is -0.385 e. The summed E-state index contributed by atoms with van der Waals surface area (Å²) in [5.74, 6) is 0.219. The molecule has 0 radical (unpaired) electrons. The van der Waals surface area contributed by atoms with Crippen LogP contribution in [0.25, 0.3) is 0 Å². The molecular weight excluding hydrogens is 229 g/mol. The molecule has 1 rings (SSSR count). The van der Waals surface area contributed by atoms with E-state index in [1.807, 2.05) is 19.9 Å². The predicted octanol–water partition coefficient (Wildman–Crippen LogP) is 3.97. The van der Waals surface area contributed by atoms with Gasteiger partial charge in [0.25, 0.3) is 0 Å². The third kappa shape index (κ3) is 4.04. The van der Waals surface area contributed by atoms with Crippen LogP contribution in [-0.4, -0.2) is 11.3 Å². The monoisotopic (exact) mass is 246 g/mol. The molecule has 0 bridgehead atoms. The number of rotatable bonds is 3. The van der Waals surface area contributed by atoms with Gasteiger partial charge in [-0.1, -0.05) is 38.1 Å². The molecule has 17 heavy (non-hydrogen) atoms. The molecule has 1 aromatic carbocycles. The van der Waals surface area contributed by atoms with Crippen molar-refractivity contribution in [2.24, 2.45) is 0 Å². The Balaban J connectivity index is 3.02. The van der Waals surface area contributed by atoms with Crippen molar-refractivity contribution in [3.63, 3.8) is 0 Å². The molecule has 0 aliphatic carbocycles. The normalized spacial score (nSPS) is 16.0. The highest BCUT2D eigenvalue weighted by Gasteiger charge is 2.39. The molecule has 0 aliphatic rings. The molecule has 0 saturated heterocycles. The predicted molar refractivity (Wildman–Crippen MR) is 60.8 cm³/mol. The highest BCUT2D eigenvalue weighted by molar-refractivity contribution is 5.29. The molecule has 0 heterocycles. The number of hydrogen-bond acceptors (Lipinski definition) is 1. The lowest BCUT2D eigenvalue weighted by molar-refractivity contribution is -0.174.